The molecule has 0 N–H and O–H groups in total. The average Bonchev–Trinajstić information content (AvgIpc) is 2.05. The van der Waals surface area contributed by atoms with Crippen LogP contribution < -0.4 is 4.74 Å². The molecule has 0 spiro atoms. The third-order valence-electron chi connectivity index (χ3n) is 1.47. The Labute approximate surface area is 80.3 Å². The van der Waals surface area contributed by atoms with E-state index in [1.807, 2.05) is 0 Å². The molecule has 84 valence electrons. The molecule has 0 radical (unpaired) electrons. The fourth-order valence-electron chi connectivity index (χ4n) is 0.898. The van der Waals surface area contributed by atoms with Crippen molar-refractivity contribution in [2.45, 2.75) is 12.8 Å². The second-order valence-electron chi connectivity index (χ2n) is 2.52. The molecule has 1 rings (SSSR count). The summed E-state index contributed by atoms with van der Waals surface area (Å²) in [5.41, 5.74) is -1.64. The van der Waals surface area contributed by atoms with E-state index >= 15 is 0 Å². The van der Waals surface area contributed by atoms with Gasteiger partial charge in [0, 0.05) is 0 Å². The van der Waals surface area contributed by atoms with E-state index in [0.717, 1.165) is 0 Å². The van der Waals surface area contributed by atoms with E-state index in [1.165, 1.54) is 0 Å². The summed E-state index contributed by atoms with van der Waals surface area (Å²) in [6, 6.07) is 1.29. The Balaban J connectivity index is 3.06. The Morgan fingerprint density at radius 1 is 1.13 bits per heavy atom. The number of hydrogen-bond acceptors (Lipinski definition) is 1. The molecule has 0 saturated heterocycles. The van der Waals surface area contributed by atoms with Crippen molar-refractivity contribution in [1.82, 2.24) is 0 Å². The smallest absolute Gasteiger partial charge is 0.419 e. The molecular weight excluding hydrogens is 226 g/mol. The predicted molar refractivity (Wildman–Crippen MR) is 38.0 cm³/mol. The van der Waals surface area contributed by atoms with E-state index < -0.39 is 29.9 Å². The number of hydrogen-bond donors (Lipinski definition) is 0. The van der Waals surface area contributed by atoms with Gasteiger partial charge >= 0.3 is 12.8 Å². The van der Waals surface area contributed by atoms with Gasteiger partial charge in [0.25, 0.3) is 0 Å². The molecule has 0 aliphatic heterocycles. The molecule has 0 bridgehead atoms. The maximum Gasteiger partial charge on any atom is 0.419 e. The van der Waals surface area contributed by atoms with E-state index in [-0.39, 0.29) is 6.07 Å². The van der Waals surface area contributed by atoms with Gasteiger partial charge in [-0.1, -0.05) is 0 Å². The first kappa shape index (κ1) is 11.7. The van der Waals surface area contributed by atoms with Gasteiger partial charge in [0.1, 0.15) is 11.6 Å². The zero-order chi connectivity index (χ0) is 11.6. The first-order chi connectivity index (χ1) is 6.80. The van der Waals surface area contributed by atoms with E-state index in [4.69, 9.17) is 0 Å². The van der Waals surface area contributed by atoms with Gasteiger partial charge in [-0.25, -0.2) is 4.39 Å². The molecule has 1 aromatic rings. The van der Waals surface area contributed by atoms with Crippen molar-refractivity contribution >= 4 is 0 Å². The zero-order valence-corrected chi connectivity index (χ0v) is 6.99. The van der Waals surface area contributed by atoms with E-state index in [1.54, 1.807) is 0 Å². The van der Waals surface area contributed by atoms with Crippen molar-refractivity contribution in [1.29, 1.82) is 0 Å². The molecule has 0 unspecified atom stereocenters. The molecule has 0 fully saturated rings. The summed E-state index contributed by atoms with van der Waals surface area (Å²) < 4.78 is 75.9. The number of benzene rings is 1. The highest BCUT2D eigenvalue weighted by molar-refractivity contribution is 5.31. The van der Waals surface area contributed by atoms with Crippen LogP contribution in [-0.4, -0.2) is 6.61 Å². The highest BCUT2D eigenvalue weighted by Crippen LogP contribution is 2.33. The van der Waals surface area contributed by atoms with Gasteiger partial charge < -0.3 is 4.74 Å². The van der Waals surface area contributed by atoms with Gasteiger partial charge in [0.15, 0.2) is 0 Å². The Bertz CT molecular complexity index is 345. The molecule has 0 aliphatic rings. The lowest BCUT2D eigenvalue weighted by Crippen LogP contribution is -2.09. The van der Waals surface area contributed by atoms with Crippen LogP contribution >= 0.6 is 0 Å². The Morgan fingerprint density at radius 3 is 2.20 bits per heavy atom. The molecule has 15 heavy (non-hydrogen) atoms. The zero-order valence-electron chi connectivity index (χ0n) is 6.99. The van der Waals surface area contributed by atoms with Crippen molar-refractivity contribution in [2.24, 2.45) is 0 Å². The molecular formula is C8H4F6O. The molecule has 0 atom stereocenters. The normalized spacial score (nSPS) is 11.9. The van der Waals surface area contributed by atoms with Crippen molar-refractivity contribution in [3.05, 3.63) is 29.6 Å². The lowest BCUT2D eigenvalue weighted by atomic mass is 10.2. The predicted octanol–water partition coefficient (Wildman–Crippen LogP) is 3.45. The summed E-state index contributed by atoms with van der Waals surface area (Å²) in [5, 5.41) is 0. The fraction of sp³-hybridized carbons (Fsp3) is 0.250. The summed E-state index contributed by atoms with van der Waals surface area (Å²) in [6.45, 7) is -3.25. The van der Waals surface area contributed by atoms with Gasteiger partial charge in [-0.15, -0.1) is 0 Å². The maximum absolute atomic E-state index is 12.6. The van der Waals surface area contributed by atoms with Crippen LogP contribution in [0.15, 0.2) is 18.2 Å². The minimum absolute atomic E-state index is 0.182. The lowest BCUT2D eigenvalue weighted by molar-refractivity contribution is -0.140. The Morgan fingerprint density at radius 2 is 1.73 bits per heavy atom. The summed E-state index contributed by atoms with van der Waals surface area (Å²) in [5.74, 6) is -2.28. The fourth-order valence-corrected chi connectivity index (χ4v) is 0.898. The van der Waals surface area contributed by atoms with E-state index in [0.29, 0.717) is 12.1 Å². The minimum Gasteiger partial charge on any atom is -0.435 e. The van der Waals surface area contributed by atoms with Crippen LogP contribution in [0, 0.1) is 5.82 Å². The van der Waals surface area contributed by atoms with Gasteiger partial charge in [-0.3, -0.25) is 0 Å². The van der Waals surface area contributed by atoms with Crippen molar-refractivity contribution in [2.75, 3.05) is 0 Å². The SMILES string of the molecule is Fc1ccc(OC(F)F)cc1C(F)(F)F. The highest BCUT2D eigenvalue weighted by Gasteiger charge is 2.34. The summed E-state index contributed by atoms with van der Waals surface area (Å²) >= 11 is 0. The number of alkyl halides is 5. The first-order valence-corrected chi connectivity index (χ1v) is 3.62. The Hall–Kier alpha value is -1.40. The van der Waals surface area contributed by atoms with Crippen LogP contribution in [0.25, 0.3) is 0 Å². The second-order valence-corrected chi connectivity index (χ2v) is 2.52. The monoisotopic (exact) mass is 230 g/mol. The van der Waals surface area contributed by atoms with Crippen LogP contribution in [0.4, 0.5) is 26.3 Å². The average molecular weight is 230 g/mol. The van der Waals surface area contributed by atoms with Crippen molar-refractivity contribution < 1.29 is 31.1 Å². The molecule has 1 aromatic carbocycles. The molecule has 0 aromatic heterocycles. The van der Waals surface area contributed by atoms with Crippen molar-refractivity contribution in [3.63, 3.8) is 0 Å². The lowest BCUT2D eigenvalue weighted by Gasteiger charge is -2.10. The largest absolute Gasteiger partial charge is 0.435 e. The van der Waals surface area contributed by atoms with Crippen LogP contribution in [-0.2, 0) is 6.18 Å². The third kappa shape index (κ3) is 3.03. The summed E-state index contributed by atoms with van der Waals surface area (Å²) in [4.78, 5) is 0. The van der Waals surface area contributed by atoms with Crippen LogP contribution in [0.2, 0.25) is 0 Å². The van der Waals surface area contributed by atoms with E-state index in [2.05, 4.69) is 4.74 Å². The van der Waals surface area contributed by atoms with Gasteiger partial charge in [0.2, 0.25) is 0 Å². The number of halogens is 6. The topological polar surface area (TPSA) is 9.23 Å². The van der Waals surface area contributed by atoms with Crippen LogP contribution in [0.5, 0.6) is 5.75 Å². The van der Waals surface area contributed by atoms with Crippen LogP contribution in [0.1, 0.15) is 5.56 Å². The second kappa shape index (κ2) is 4.00. The van der Waals surface area contributed by atoms with Crippen molar-refractivity contribution in [3.8, 4) is 5.75 Å². The van der Waals surface area contributed by atoms with Gasteiger partial charge in [-0.2, -0.15) is 22.0 Å². The number of rotatable bonds is 2. The van der Waals surface area contributed by atoms with Gasteiger partial charge in [-0.05, 0) is 18.2 Å². The molecule has 0 heterocycles. The minimum atomic E-state index is -4.94. The first-order valence-electron chi connectivity index (χ1n) is 3.62. The van der Waals surface area contributed by atoms with Gasteiger partial charge in [0.05, 0.1) is 5.56 Å². The quantitative estimate of drug-likeness (QED) is 0.707. The molecule has 7 heteroatoms. The summed E-state index contributed by atoms with van der Waals surface area (Å²) in [7, 11) is 0. The highest BCUT2D eigenvalue weighted by atomic mass is 19.4. The van der Waals surface area contributed by atoms with E-state index in [9.17, 15) is 26.3 Å². The molecule has 1 nitrogen and oxygen atoms in total. The standard InChI is InChI=1S/C8H4F6O/c9-6-2-1-4(15-7(10)11)3-5(6)8(12,13)14/h1-3,7H. The number of ether oxygens (including phenoxy) is 1. The summed E-state index contributed by atoms with van der Waals surface area (Å²) in [6.07, 6.45) is -4.94. The maximum atomic E-state index is 12.6. The Kier molecular flexibility index (Phi) is 3.11. The van der Waals surface area contributed by atoms with Crippen LogP contribution in [0.3, 0.4) is 0 Å². The third-order valence-corrected chi connectivity index (χ3v) is 1.47. The molecule has 0 aliphatic carbocycles. The molecule has 0 amide bonds. The molecule has 0 saturated carbocycles.